The van der Waals surface area contributed by atoms with Crippen LogP contribution in [0.15, 0.2) is 30.9 Å². The summed E-state index contributed by atoms with van der Waals surface area (Å²) in [7, 11) is 0. The quantitative estimate of drug-likeness (QED) is 0.597. The lowest BCUT2D eigenvalue weighted by atomic mass is 10.1. The highest BCUT2D eigenvalue weighted by molar-refractivity contribution is 5.30. The zero-order valence-electron chi connectivity index (χ0n) is 8.87. The smallest absolute Gasteiger partial charge is 0.165 e. The molecule has 0 aromatic heterocycles. The van der Waals surface area contributed by atoms with Gasteiger partial charge in [0.05, 0.1) is 6.61 Å². The molecule has 0 saturated heterocycles. The summed E-state index contributed by atoms with van der Waals surface area (Å²) in [4.78, 5) is 0. The standard InChI is InChI=1S/C12H16FNO/c1-3-4-7-15-12-6-5-10(9(2)14)8-11(12)13/h3,5-6,8-9H,1,4,7,14H2,2H3. The minimum absolute atomic E-state index is 0.165. The number of hydrogen-bond acceptors (Lipinski definition) is 2. The molecule has 0 bridgehead atoms. The van der Waals surface area contributed by atoms with Crippen LogP contribution in [0.25, 0.3) is 0 Å². The predicted octanol–water partition coefficient (Wildman–Crippen LogP) is 2.80. The summed E-state index contributed by atoms with van der Waals surface area (Å²) in [5.41, 5.74) is 6.40. The molecule has 0 spiro atoms. The van der Waals surface area contributed by atoms with Crippen molar-refractivity contribution in [3.63, 3.8) is 0 Å². The molecule has 1 rings (SSSR count). The van der Waals surface area contributed by atoms with Crippen LogP contribution >= 0.6 is 0 Å². The van der Waals surface area contributed by atoms with Gasteiger partial charge in [0.1, 0.15) is 0 Å². The molecule has 1 unspecified atom stereocenters. The van der Waals surface area contributed by atoms with Crippen molar-refractivity contribution in [2.75, 3.05) is 6.61 Å². The van der Waals surface area contributed by atoms with Gasteiger partial charge in [-0.15, -0.1) is 6.58 Å². The normalized spacial score (nSPS) is 12.2. The van der Waals surface area contributed by atoms with Crippen LogP contribution in [-0.4, -0.2) is 6.61 Å². The minimum Gasteiger partial charge on any atom is -0.490 e. The van der Waals surface area contributed by atoms with Crippen molar-refractivity contribution >= 4 is 0 Å². The largest absolute Gasteiger partial charge is 0.490 e. The molecule has 3 heteroatoms. The summed E-state index contributed by atoms with van der Waals surface area (Å²) in [5, 5.41) is 0. The van der Waals surface area contributed by atoms with Crippen molar-refractivity contribution in [2.24, 2.45) is 5.73 Å². The molecule has 1 aromatic rings. The Morgan fingerprint density at radius 3 is 2.87 bits per heavy atom. The van der Waals surface area contributed by atoms with Gasteiger partial charge in [-0.05, 0) is 31.0 Å². The van der Waals surface area contributed by atoms with E-state index in [4.69, 9.17) is 10.5 Å². The monoisotopic (exact) mass is 209 g/mol. The van der Waals surface area contributed by atoms with Crippen LogP contribution in [0.5, 0.6) is 5.75 Å². The van der Waals surface area contributed by atoms with Gasteiger partial charge in [-0.1, -0.05) is 12.1 Å². The molecule has 0 amide bonds. The molecule has 0 aliphatic heterocycles. The van der Waals surface area contributed by atoms with Crippen LogP contribution in [0.3, 0.4) is 0 Å². The molecule has 0 aliphatic carbocycles. The molecule has 0 aliphatic rings. The van der Waals surface area contributed by atoms with E-state index in [1.54, 1.807) is 18.2 Å². The Balaban J connectivity index is 2.70. The lowest BCUT2D eigenvalue weighted by Crippen LogP contribution is -2.06. The van der Waals surface area contributed by atoms with Crippen LogP contribution in [0.1, 0.15) is 24.9 Å². The number of ether oxygens (including phenoxy) is 1. The van der Waals surface area contributed by atoms with Crippen molar-refractivity contribution in [1.29, 1.82) is 0 Å². The topological polar surface area (TPSA) is 35.2 Å². The van der Waals surface area contributed by atoms with E-state index in [9.17, 15) is 4.39 Å². The van der Waals surface area contributed by atoms with E-state index in [0.29, 0.717) is 13.0 Å². The predicted molar refractivity (Wildman–Crippen MR) is 59.3 cm³/mol. The second kappa shape index (κ2) is 5.51. The first-order valence-corrected chi connectivity index (χ1v) is 4.94. The summed E-state index contributed by atoms with van der Waals surface area (Å²) in [5.74, 6) is -0.102. The lowest BCUT2D eigenvalue weighted by Gasteiger charge is -2.09. The van der Waals surface area contributed by atoms with E-state index >= 15 is 0 Å². The molecule has 1 atom stereocenters. The third-order valence-electron chi connectivity index (χ3n) is 2.06. The molecule has 1 aromatic carbocycles. The van der Waals surface area contributed by atoms with Crippen molar-refractivity contribution in [3.8, 4) is 5.75 Å². The SMILES string of the molecule is C=CCCOc1ccc(C(C)N)cc1F. The molecule has 0 radical (unpaired) electrons. The average Bonchev–Trinajstić information content (AvgIpc) is 2.20. The third kappa shape index (κ3) is 3.36. The molecule has 0 saturated carbocycles. The fraction of sp³-hybridized carbons (Fsp3) is 0.333. The van der Waals surface area contributed by atoms with E-state index in [2.05, 4.69) is 6.58 Å². The molecular formula is C12H16FNO. The molecule has 2 N–H and O–H groups in total. The Morgan fingerprint density at radius 1 is 1.60 bits per heavy atom. The minimum atomic E-state index is -0.367. The highest BCUT2D eigenvalue weighted by atomic mass is 19.1. The Kier molecular flexibility index (Phi) is 4.31. The summed E-state index contributed by atoms with van der Waals surface area (Å²) in [6.45, 7) is 5.82. The van der Waals surface area contributed by atoms with Gasteiger partial charge >= 0.3 is 0 Å². The van der Waals surface area contributed by atoms with Gasteiger partial charge in [0.25, 0.3) is 0 Å². The highest BCUT2D eigenvalue weighted by Crippen LogP contribution is 2.21. The number of benzene rings is 1. The van der Waals surface area contributed by atoms with Crippen molar-refractivity contribution < 1.29 is 9.13 Å². The fourth-order valence-corrected chi connectivity index (χ4v) is 1.17. The van der Waals surface area contributed by atoms with Gasteiger partial charge < -0.3 is 10.5 Å². The van der Waals surface area contributed by atoms with Crippen molar-refractivity contribution in [1.82, 2.24) is 0 Å². The summed E-state index contributed by atoms with van der Waals surface area (Å²) < 4.78 is 18.7. The van der Waals surface area contributed by atoms with E-state index in [1.165, 1.54) is 6.07 Å². The van der Waals surface area contributed by atoms with Gasteiger partial charge in [0.15, 0.2) is 11.6 Å². The van der Waals surface area contributed by atoms with Gasteiger partial charge in [-0.25, -0.2) is 4.39 Å². The van der Waals surface area contributed by atoms with Crippen LogP contribution < -0.4 is 10.5 Å². The average molecular weight is 209 g/mol. The fourth-order valence-electron chi connectivity index (χ4n) is 1.17. The maximum absolute atomic E-state index is 13.4. The van der Waals surface area contributed by atoms with Gasteiger partial charge in [0, 0.05) is 6.04 Å². The lowest BCUT2D eigenvalue weighted by molar-refractivity contribution is 0.308. The molecule has 82 valence electrons. The number of rotatable bonds is 5. The maximum atomic E-state index is 13.4. The second-order valence-corrected chi connectivity index (χ2v) is 3.40. The van der Waals surface area contributed by atoms with Crippen molar-refractivity contribution in [3.05, 3.63) is 42.2 Å². The van der Waals surface area contributed by atoms with E-state index < -0.39 is 0 Å². The third-order valence-corrected chi connectivity index (χ3v) is 2.06. The van der Waals surface area contributed by atoms with Gasteiger partial charge in [-0.3, -0.25) is 0 Å². The zero-order valence-corrected chi connectivity index (χ0v) is 8.87. The first-order valence-electron chi connectivity index (χ1n) is 4.94. The second-order valence-electron chi connectivity index (χ2n) is 3.40. The number of nitrogens with two attached hydrogens (primary N) is 1. The Bertz CT molecular complexity index is 336. The Hall–Kier alpha value is -1.35. The molecule has 2 nitrogen and oxygen atoms in total. The van der Waals surface area contributed by atoms with E-state index in [1.807, 2.05) is 6.92 Å². The number of hydrogen-bond donors (Lipinski definition) is 1. The van der Waals surface area contributed by atoms with Gasteiger partial charge in [-0.2, -0.15) is 0 Å². The van der Waals surface area contributed by atoms with Crippen molar-refractivity contribution in [2.45, 2.75) is 19.4 Å². The molecule has 0 heterocycles. The summed E-state index contributed by atoms with van der Waals surface area (Å²) in [6.07, 6.45) is 2.43. The molecule has 0 fully saturated rings. The van der Waals surface area contributed by atoms with Crippen LogP contribution in [0.2, 0.25) is 0 Å². The van der Waals surface area contributed by atoms with Crippen LogP contribution in [-0.2, 0) is 0 Å². The Labute approximate surface area is 89.6 Å². The van der Waals surface area contributed by atoms with Crippen LogP contribution in [0.4, 0.5) is 4.39 Å². The first-order chi connectivity index (χ1) is 7.15. The van der Waals surface area contributed by atoms with Crippen LogP contribution in [0, 0.1) is 5.82 Å². The van der Waals surface area contributed by atoms with Gasteiger partial charge in [0.2, 0.25) is 0 Å². The Morgan fingerprint density at radius 2 is 2.33 bits per heavy atom. The van der Waals surface area contributed by atoms with E-state index in [0.717, 1.165) is 5.56 Å². The molecule has 15 heavy (non-hydrogen) atoms. The number of halogens is 1. The summed E-state index contributed by atoms with van der Waals surface area (Å²) >= 11 is 0. The van der Waals surface area contributed by atoms with E-state index in [-0.39, 0.29) is 17.6 Å². The maximum Gasteiger partial charge on any atom is 0.165 e. The summed E-state index contributed by atoms with van der Waals surface area (Å²) in [6, 6.07) is 4.63. The molecular weight excluding hydrogens is 193 g/mol. The zero-order chi connectivity index (χ0) is 11.3. The highest BCUT2D eigenvalue weighted by Gasteiger charge is 2.06. The first kappa shape index (κ1) is 11.7.